The van der Waals surface area contributed by atoms with Crippen LogP contribution in [-0.2, 0) is 14.3 Å². The molecule has 1 fully saturated rings. The lowest BCUT2D eigenvalue weighted by molar-refractivity contribution is -0.150. The predicted molar refractivity (Wildman–Crippen MR) is 67.6 cm³/mol. The maximum atomic E-state index is 11.2. The fraction of sp³-hybridized carbons (Fsp3) is 0.500. The molecule has 0 amide bonds. The normalized spacial score (nSPS) is 16.4. The summed E-state index contributed by atoms with van der Waals surface area (Å²) in [5, 5.41) is 16.3. The van der Waals surface area contributed by atoms with Crippen molar-refractivity contribution < 1.29 is 24.2 Å². The molecule has 8 heteroatoms. The number of anilines is 1. The molecule has 0 unspecified atom stereocenters. The Morgan fingerprint density at radius 2 is 2.10 bits per heavy atom. The van der Waals surface area contributed by atoms with E-state index in [0.29, 0.717) is 18.9 Å². The van der Waals surface area contributed by atoms with E-state index in [9.17, 15) is 9.59 Å². The van der Waals surface area contributed by atoms with E-state index in [1.165, 1.54) is 13.2 Å². The van der Waals surface area contributed by atoms with E-state index in [0.717, 1.165) is 0 Å². The highest BCUT2D eigenvalue weighted by molar-refractivity contribution is 5.87. The van der Waals surface area contributed by atoms with Crippen LogP contribution in [0.25, 0.3) is 0 Å². The van der Waals surface area contributed by atoms with E-state index in [1.54, 1.807) is 6.07 Å². The lowest BCUT2D eigenvalue weighted by Crippen LogP contribution is -2.62. The van der Waals surface area contributed by atoms with Gasteiger partial charge in [-0.2, -0.15) is 0 Å². The average Bonchev–Trinajstić information content (AvgIpc) is 2.41. The van der Waals surface area contributed by atoms with Crippen molar-refractivity contribution in [3.8, 4) is 0 Å². The third kappa shape index (κ3) is 3.02. The predicted octanol–water partition coefficient (Wildman–Crippen LogP) is -0.0569. The van der Waals surface area contributed by atoms with Crippen molar-refractivity contribution in [1.82, 2.24) is 10.2 Å². The highest BCUT2D eigenvalue weighted by Crippen LogP contribution is 2.28. The minimum absolute atomic E-state index is 0.140. The molecule has 108 valence electrons. The first-order valence-corrected chi connectivity index (χ1v) is 5.96. The summed E-state index contributed by atoms with van der Waals surface area (Å²) in [6, 6.07) is 3.19. The van der Waals surface area contributed by atoms with Crippen LogP contribution >= 0.6 is 0 Å². The average molecular weight is 281 g/mol. The van der Waals surface area contributed by atoms with E-state index in [1.807, 2.05) is 11.8 Å². The molecular weight excluding hydrogens is 266 g/mol. The number of methoxy groups -OCH3 is 1. The summed E-state index contributed by atoms with van der Waals surface area (Å²) in [6.45, 7) is 2.55. The van der Waals surface area contributed by atoms with Gasteiger partial charge >= 0.3 is 11.9 Å². The van der Waals surface area contributed by atoms with Crippen LogP contribution in [0, 0.1) is 0 Å². The van der Waals surface area contributed by atoms with Gasteiger partial charge in [-0.15, -0.1) is 10.2 Å². The van der Waals surface area contributed by atoms with Crippen molar-refractivity contribution in [3.63, 3.8) is 0 Å². The van der Waals surface area contributed by atoms with Gasteiger partial charge in [-0.3, -0.25) is 0 Å². The number of carbonyl (C=O) groups excluding carboxylic acids is 1. The summed E-state index contributed by atoms with van der Waals surface area (Å²) in [5.74, 6) is -0.928. The molecule has 1 aromatic heterocycles. The topological polar surface area (TPSA) is 102 Å². The Morgan fingerprint density at radius 3 is 2.60 bits per heavy atom. The summed E-state index contributed by atoms with van der Waals surface area (Å²) >= 11 is 0. The fourth-order valence-corrected chi connectivity index (χ4v) is 1.96. The van der Waals surface area contributed by atoms with Crippen LogP contribution in [0.3, 0.4) is 0 Å². The zero-order valence-corrected chi connectivity index (χ0v) is 11.2. The van der Waals surface area contributed by atoms with Gasteiger partial charge in [0.25, 0.3) is 0 Å². The maximum absolute atomic E-state index is 11.2. The first kappa shape index (κ1) is 14.2. The first-order valence-electron chi connectivity index (χ1n) is 5.96. The molecule has 0 aromatic carbocycles. The third-order valence-electron chi connectivity index (χ3n) is 2.96. The van der Waals surface area contributed by atoms with Crippen molar-refractivity contribution >= 4 is 17.8 Å². The number of hydrogen-bond donors (Lipinski definition) is 1. The molecular formula is C12H15N3O5. The Morgan fingerprint density at radius 1 is 1.40 bits per heavy atom. The van der Waals surface area contributed by atoms with Gasteiger partial charge in [-0.1, -0.05) is 0 Å². The van der Waals surface area contributed by atoms with Crippen molar-refractivity contribution in [1.29, 1.82) is 0 Å². The van der Waals surface area contributed by atoms with Crippen LogP contribution in [0.15, 0.2) is 12.1 Å². The molecule has 0 saturated carbocycles. The first-order chi connectivity index (χ1) is 9.43. The smallest absolute Gasteiger partial charge is 0.358 e. The number of carboxylic acid groups (broad SMARTS) is 1. The SMILES string of the molecule is COC(=O)c1ccc(N2CC(C)(OCC(=O)O)C2)nn1. The zero-order chi connectivity index (χ0) is 14.8. The molecule has 1 aromatic rings. The lowest BCUT2D eigenvalue weighted by Gasteiger charge is -2.47. The summed E-state index contributed by atoms with van der Waals surface area (Å²) < 4.78 is 9.83. The van der Waals surface area contributed by atoms with E-state index < -0.39 is 17.5 Å². The second kappa shape index (κ2) is 5.41. The second-order valence-electron chi connectivity index (χ2n) is 4.76. The van der Waals surface area contributed by atoms with Gasteiger partial charge in [0.2, 0.25) is 0 Å². The highest BCUT2D eigenvalue weighted by Gasteiger charge is 2.41. The quantitative estimate of drug-likeness (QED) is 0.749. The molecule has 8 nitrogen and oxygen atoms in total. The molecule has 1 N–H and O–H groups in total. The van der Waals surface area contributed by atoms with Crippen LogP contribution in [0.5, 0.6) is 0 Å². The van der Waals surface area contributed by atoms with Gasteiger partial charge in [-0.25, -0.2) is 9.59 Å². The van der Waals surface area contributed by atoms with Crippen molar-refractivity contribution in [2.45, 2.75) is 12.5 Å². The van der Waals surface area contributed by atoms with Crippen LogP contribution < -0.4 is 4.90 Å². The van der Waals surface area contributed by atoms with E-state index in [-0.39, 0.29) is 12.3 Å². The van der Waals surface area contributed by atoms with Crippen molar-refractivity contribution in [2.24, 2.45) is 0 Å². The Balaban J connectivity index is 1.92. The minimum Gasteiger partial charge on any atom is -0.480 e. The van der Waals surface area contributed by atoms with Crippen LogP contribution in [-0.4, -0.2) is 59.6 Å². The molecule has 2 heterocycles. The lowest BCUT2D eigenvalue weighted by atomic mass is 9.96. The molecule has 0 spiro atoms. The third-order valence-corrected chi connectivity index (χ3v) is 2.96. The Kier molecular flexibility index (Phi) is 3.84. The largest absolute Gasteiger partial charge is 0.480 e. The monoisotopic (exact) mass is 281 g/mol. The zero-order valence-electron chi connectivity index (χ0n) is 11.2. The van der Waals surface area contributed by atoms with Gasteiger partial charge in [-0.05, 0) is 19.1 Å². The number of rotatable bonds is 5. The molecule has 1 saturated heterocycles. The number of aromatic nitrogens is 2. The van der Waals surface area contributed by atoms with Crippen LogP contribution in [0.1, 0.15) is 17.4 Å². The number of esters is 1. The molecule has 1 aliphatic heterocycles. The van der Waals surface area contributed by atoms with E-state index in [2.05, 4.69) is 14.9 Å². The number of carboxylic acids is 1. The number of carbonyl (C=O) groups is 2. The van der Waals surface area contributed by atoms with Gasteiger partial charge in [0, 0.05) is 0 Å². The number of hydrogen-bond acceptors (Lipinski definition) is 7. The Bertz CT molecular complexity index is 510. The Hall–Kier alpha value is -2.22. The summed E-state index contributed by atoms with van der Waals surface area (Å²) in [6.07, 6.45) is 0. The summed E-state index contributed by atoms with van der Waals surface area (Å²) in [5.41, 5.74) is -0.358. The summed E-state index contributed by atoms with van der Waals surface area (Å²) in [7, 11) is 1.28. The van der Waals surface area contributed by atoms with Crippen LogP contribution in [0.4, 0.5) is 5.82 Å². The standard InChI is InChI=1S/C12H15N3O5/c1-12(20-5-10(16)17)6-15(7-12)9-4-3-8(13-14-9)11(18)19-2/h3-4H,5-7H2,1-2H3,(H,16,17). The minimum atomic E-state index is -0.994. The van der Waals surface area contributed by atoms with Gasteiger partial charge in [0.15, 0.2) is 11.5 Å². The molecule has 0 radical (unpaired) electrons. The molecule has 20 heavy (non-hydrogen) atoms. The van der Waals surface area contributed by atoms with E-state index in [4.69, 9.17) is 9.84 Å². The van der Waals surface area contributed by atoms with E-state index >= 15 is 0 Å². The van der Waals surface area contributed by atoms with Crippen LogP contribution in [0.2, 0.25) is 0 Å². The van der Waals surface area contributed by atoms with Crippen molar-refractivity contribution in [3.05, 3.63) is 17.8 Å². The van der Waals surface area contributed by atoms with Gasteiger partial charge < -0.3 is 19.5 Å². The Labute approximate surface area is 115 Å². The number of ether oxygens (including phenoxy) is 2. The molecule has 0 bridgehead atoms. The van der Waals surface area contributed by atoms with Gasteiger partial charge in [0.05, 0.1) is 20.2 Å². The molecule has 2 rings (SSSR count). The fourth-order valence-electron chi connectivity index (χ4n) is 1.96. The number of aliphatic carboxylic acids is 1. The molecule has 0 aliphatic carbocycles. The highest BCUT2D eigenvalue weighted by atomic mass is 16.5. The second-order valence-corrected chi connectivity index (χ2v) is 4.76. The summed E-state index contributed by atoms with van der Waals surface area (Å²) in [4.78, 5) is 23.6. The number of nitrogens with zero attached hydrogens (tertiary/aromatic N) is 3. The maximum Gasteiger partial charge on any atom is 0.358 e. The molecule has 1 aliphatic rings. The van der Waals surface area contributed by atoms with Crippen molar-refractivity contribution in [2.75, 3.05) is 31.7 Å². The van der Waals surface area contributed by atoms with Gasteiger partial charge in [0.1, 0.15) is 12.2 Å². The molecule has 0 atom stereocenters.